The van der Waals surface area contributed by atoms with E-state index in [0.29, 0.717) is 43.2 Å². The Kier molecular flexibility index (Phi) is 6.58. The fourth-order valence-electron chi connectivity index (χ4n) is 5.35. The Hall–Kier alpha value is -3.58. The average Bonchev–Trinajstić information content (AvgIpc) is 3.11. The van der Waals surface area contributed by atoms with Crippen molar-refractivity contribution < 1.29 is 4.74 Å². The number of fused-ring (bicyclic) bond motifs is 2. The normalized spacial score (nSPS) is 22.9. The molecule has 2 aromatic rings. The van der Waals surface area contributed by atoms with Crippen LogP contribution >= 0.6 is 0 Å². The van der Waals surface area contributed by atoms with Crippen LogP contribution in [0.25, 0.3) is 11.2 Å². The van der Waals surface area contributed by atoms with E-state index in [1.54, 1.807) is 14.0 Å². The molecule has 2 unspecified atom stereocenters. The molecule has 10 nitrogen and oxygen atoms in total. The van der Waals surface area contributed by atoms with E-state index in [9.17, 15) is 9.59 Å². The Morgan fingerprint density at radius 3 is 2.81 bits per heavy atom. The van der Waals surface area contributed by atoms with E-state index in [2.05, 4.69) is 36.7 Å². The SMILES string of the molecule is CC#CCn1c(N2CCCC(N)C2)nc2c1c(=O)n(CC1CCOC3=CC=CC(C)(C)C3=N1)c(=O)n2C. The summed E-state index contributed by atoms with van der Waals surface area (Å²) in [6, 6.07) is -0.241. The van der Waals surface area contributed by atoms with E-state index in [4.69, 9.17) is 20.4 Å². The van der Waals surface area contributed by atoms with Gasteiger partial charge in [-0.2, -0.15) is 4.98 Å². The van der Waals surface area contributed by atoms with Crippen LogP contribution in [-0.4, -0.2) is 56.2 Å². The summed E-state index contributed by atoms with van der Waals surface area (Å²) >= 11 is 0. The summed E-state index contributed by atoms with van der Waals surface area (Å²) in [6.07, 6.45) is 8.48. The van der Waals surface area contributed by atoms with Gasteiger partial charge in [-0.25, -0.2) is 4.79 Å². The Morgan fingerprint density at radius 2 is 2.05 bits per heavy atom. The molecule has 0 amide bonds. The Morgan fingerprint density at radius 1 is 1.24 bits per heavy atom. The molecule has 0 aromatic carbocycles. The summed E-state index contributed by atoms with van der Waals surface area (Å²) in [5.74, 6) is 7.37. The van der Waals surface area contributed by atoms with Gasteiger partial charge in [0, 0.05) is 38.0 Å². The Labute approximate surface area is 216 Å². The Bertz CT molecular complexity index is 1490. The summed E-state index contributed by atoms with van der Waals surface area (Å²) < 4.78 is 10.6. The molecule has 1 saturated heterocycles. The van der Waals surface area contributed by atoms with Gasteiger partial charge >= 0.3 is 5.69 Å². The monoisotopic (exact) mass is 505 g/mol. The second-order valence-electron chi connectivity index (χ2n) is 10.6. The molecule has 0 bridgehead atoms. The molecule has 1 fully saturated rings. The van der Waals surface area contributed by atoms with Crippen LogP contribution in [0.2, 0.25) is 0 Å². The van der Waals surface area contributed by atoms with Crippen molar-refractivity contribution >= 4 is 22.8 Å². The zero-order chi connectivity index (χ0) is 26.3. The fraction of sp³-hybridized carbons (Fsp3) is 0.556. The molecule has 0 spiro atoms. The molecule has 196 valence electrons. The van der Waals surface area contributed by atoms with E-state index < -0.39 is 5.69 Å². The van der Waals surface area contributed by atoms with Crippen LogP contribution in [0.4, 0.5) is 5.95 Å². The van der Waals surface area contributed by atoms with E-state index in [1.165, 1.54) is 9.13 Å². The number of aromatic nitrogens is 4. The lowest BCUT2D eigenvalue weighted by Crippen LogP contribution is -2.44. The van der Waals surface area contributed by atoms with Crippen molar-refractivity contribution in [2.75, 3.05) is 24.6 Å². The third-order valence-corrected chi connectivity index (χ3v) is 7.38. The number of ether oxygens (including phenoxy) is 1. The molecule has 0 radical (unpaired) electrons. The van der Waals surface area contributed by atoms with E-state index in [1.807, 2.05) is 16.7 Å². The molecule has 37 heavy (non-hydrogen) atoms. The van der Waals surface area contributed by atoms with Crippen LogP contribution < -0.4 is 21.9 Å². The molecule has 2 aliphatic heterocycles. The van der Waals surface area contributed by atoms with Gasteiger partial charge < -0.3 is 15.4 Å². The molecule has 2 aromatic heterocycles. The van der Waals surface area contributed by atoms with Crippen LogP contribution in [0.1, 0.15) is 40.0 Å². The molecule has 0 saturated carbocycles. The highest BCUT2D eigenvalue weighted by Crippen LogP contribution is 2.31. The molecule has 3 aliphatic rings. The van der Waals surface area contributed by atoms with Crippen molar-refractivity contribution in [3.8, 4) is 11.8 Å². The summed E-state index contributed by atoms with van der Waals surface area (Å²) in [5.41, 5.74) is 6.73. The average molecular weight is 506 g/mol. The van der Waals surface area contributed by atoms with E-state index >= 15 is 0 Å². The maximum Gasteiger partial charge on any atom is 0.332 e. The minimum Gasteiger partial charge on any atom is -0.492 e. The van der Waals surface area contributed by atoms with Gasteiger partial charge in [0.05, 0.1) is 31.4 Å². The van der Waals surface area contributed by atoms with Crippen LogP contribution in [-0.2, 0) is 24.9 Å². The van der Waals surface area contributed by atoms with Gasteiger partial charge in [0.1, 0.15) is 5.76 Å². The number of imidazole rings is 1. The molecule has 2 N–H and O–H groups in total. The zero-order valence-corrected chi connectivity index (χ0v) is 22.0. The molecule has 1 aliphatic carbocycles. The highest BCUT2D eigenvalue weighted by atomic mass is 16.5. The van der Waals surface area contributed by atoms with E-state index in [0.717, 1.165) is 30.9 Å². The molecule has 5 rings (SSSR count). The van der Waals surface area contributed by atoms with Crippen LogP contribution in [0.15, 0.2) is 38.6 Å². The topological polar surface area (TPSA) is 113 Å². The van der Waals surface area contributed by atoms with Gasteiger partial charge in [-0.05, 0) is 25.8 Å². The quantitative estimate of drug-likeness (QED) is 0.631. The first-order chi connectivity index (χ1) is 17.7. The first-order valence-electron chi connectivity index (χ1n) is 12.9. The predicted octanol–water partition coefficient (Wildman–Crippen LogP) is 1.56. The van der Waals surface area contributed by atoms with Gasteiger partial charge in [0.25, 0.3) is 5.56 Å². The zero-order valence-electron chi connectivity index (χ0n) is 22.0. The van der Waals surface area contributed by atoms with Gasteiger partial charge in [0.15, 0.2) is 11.2 Å². The summed E-state index contributed by atoms with van der Waals surface area (Å²) in [6.45, 7) is 8.30. The second kappa shape index (κ2) is 9.71. The summed E-state index contributed by atoms with van der Waals surface area (Å²) in [7, 11) is 1.66. The lowest BCUT2D eigenvalue weighted by molar-refractivity contribution is 0.220. The van der Waals surface area contributed by atoms with Crippen LogP contribution in [0, 0.1) is 17.3 Å². The van der Waals surface area contributed by atoms with Gasteiger partial charge in [0.2, 0.25) is 5.95 Å². The van der Waals surface area contributed by atoms with Crippen molar-refractivity contribution in [3.63, 3.8) is 0 Å². The number of aliphatic imine (C=N–C) groups is 1. The number of anilines is 1. The fourth-order valence-corrected chi connectivity index (χ4v) is 5.35. The smallest absolute Gasteiger partial charge is 0.332 e. The van der Waals surface area contributed by atoms with Crippen molar-refractivity contribution in [2.24, 2.45) is 23.2 Å². The van der Waals surface area contributed by atoms with Crippen LogP contribution in [0.5, 0.6) is 0 Å². The number of piperidine rings is 1. The maximum atomic E-state index is 13.9. The first kappa shape index (κ1) is 25.1. The first-order valence-corrected chi connectivity index (χ1v) is 12.9. The molecular formula is C27H35N7O3. The minimum atomic E-state index is -0.408. The van der Waals surface area contributed by atoms with Crippen molar-refractivity contribution in [1.82, 2.24) is 18.7 Å². The standard InChI is InChI=1S/C27H35N7O3/c1-5-6-14-33-21-23(30-25(33)32-13-8-9-18(28)16-32)31(4)26(36)34(24(21)35)17-19-11-15-37-20-10-7-12-27(2,3)22(20)29-19/h7,10,12,18-19H,8-9,11,13-17,28H2,1-4H3. The van der Waals surface area contributed by atoms with Gasteiger partial charge in [-0.15, -0.1) is 5.92 Å². The highest BCUT2D eigenvalue weighted by Gasteiger charge is 2.32. The van der Waals surface area contributed by atoms with E-state index in [-0.39, 0.29) is 29.6 Å². The number of rotatable bonds is 4. The maximum absolute atomic E-state index is 13.9. The predicted molar refractivity (Wildman–Crippen MR) is 145 cm³/mol. The second-order valence-corrected chi connectivity index (χ2v) is 10.6. The lowest BCUT2D eigenvalue weighted by atomic mass is 9.83. The summed E-state index contributed by atoms with van der Waals surface area (Å²) in [4.78, 5) is 39.2. The number of nitrogens with two attached hydrogens (primary N) is 1. The van der Waals surface area contributed by atoms with Crippen molar-refractivity contribution in [3.05, 3.63) is 44.8 Å². The number of hydrogen-bond donors (Lipinski definition) is 1. The molecule has 4 heterocycles. The number of nitrogens with zero attached hydrogens (tertiary/aromatic N) is 6. The lowest BCUT2D eigenvalue weighted by Gasteiger charge is -2.31. The van der Waals surface area contributed by atoms with Crippen molar-refractivity contribution in [2.45, 2.75) is 65.2 Å². The minimum absolute atomic E-state index is 0.0362. The molecule has 2 atom stereocenters. The summed E-state index contributed by atoms with van der Waals surface area (Å²) in [5, 5.41) is 0. The number of allylic oxidation sites excluding steroid dienone is 4. The van der Waals surface area contributed by atoms with Crippen LogP contribution in [0.3, 0.4) is 0 Å². The third-order valence-electron chi connectivity index (χ3n) is 7.38. The van der Waals surface area contributed by atoms with Crippen molar-refractivity contribution in [1.29, 1.82) is 0 Å². The largest absolute Gasteiger partial charge is 0.492 e. The molecule has 10 heteroatoms. The number of aryl methyl sites for hydroxylation is 1. The highest BCUT2D eigenvalue weighted by molar-refractivity contribution is 6.05. The van der Waals surface area contributed by atoms with Gasteiger partial charge in [-0.3, -0.25) is 23.5 Å². The Balaban J connectivity index is 1.62. The third kappa shape index (κ3) is 4.53. The van der Waals surface area contributed by atoms with Gasteiger partial charge in [-0.1, -0.05) is 31.9 Å². The molecular weight excluding hydrogens is 470 g/mol. The number of hydrogen-bond acceptors (Lipinski definition) is 7.